The molecule has 0 saturated carbocycles. The Kier molecular flexibility index (Phi) is 5.07. The van der Waals surface area contributed by atoms with Crippen LogP contribution >= 0.6 is 0 Å². The van der Waals surface area contributed by atoms with E-state index in [1.54, 1.807) is 6.07 Å². The van der Waals surface area contributed by atoms with Gasteiger partial charge in [0.05, 0.1) is 11.5 Å². The zero-order valence-electron chi connectivity index (χ0n) is 15.0. The molecule has 136 valence electrons. The summed E-state index contributed by atoms with van der Waals surface area (Å²) < 4.78 is 14.6. The van der Waals surface area contributed by atoms with Crippen LogP contribution in [-0.4, -0.2) is 35.0 Å². The van der Waals surface area contributed by atoms with Gasteiger partial charge in [-0.3, -0.25) is 9.59 Å². The summed E-state index contributed by atoms with van der Waals surface area (Å²) in [6.45, 7) is 4.71. The summed E-state index contributed by atoms with van der Waals surface area (Å²) in [6, 6.07) is 10.6. The zero-order valence-corrected chi connectivity index (χ0v) is 15.0. The summed E-state index contributed by atoms with van der Waals surface area (Å²) in [5.74, 6) is -2.18. The minimum absolute atomic E-state index is 0.0337. The molecule has 0 spiro atoms. The molecule has 3 rings (SSSR count). The van der Waals surface area contributed by atoms with Crippen LogP contribution in [0.2, 0.25) is 0 Å². The normalized spacial score (nSPS) is 15.1. The van der Waals surface area contributed by atoms with E-state index in [4.69, 9.17) is 5.11 Å². The molecule has 0 radical (unpaired) electrons. The summed E-state index contributed by atoms with van der Waals surface area (Å²) in [4.78, 5) is 25.1. The number of rotatable bonds is 3. The summed E-state index contributed by atoms with van der Waals surface area (Å²) in [7, 11) is 0. The maximum Gasteiger partial charge on any atom is 0.306 e. The van der Waals surface area contributed by atoms with Crippen molar-refractivity contribution in [2.24, 2.45) is 5.92 Å². The van der Waals surface area contributed by atoms with Crippen LogP contribution in [0.5, 0.6) is 0 Å². The zero-order chi connectivity index (χ0) is 18.8. The van der Waals surface area contributed by atoms with Crippen LogP contribution in [0.3, 0.4) is 0 Å². The maximum atomic E-state index is 14.6. The lowest BCUT2D eigenvalue weighted by molar-refractivity contribution is -0.143. The Labute approximate surface area is 152 Å². The first kappa shape index (κ1) is 18.1. The lowest BCUT2D eigenvalue weighted by Crippen LogP contribution is -2.40. The number of carbonyl (C=O) groups excluding carboxylic acids is 1. The van der Waals surface area contributed by atoms with Crippen LogP contribution in [0.15, 0.2) is 36.4 Å². The second-order valence-corrected chi connectivity index (χ2v) is 6.90. The number of carbonyl (C=O) groups is 2. The lowest BCUT2D eigenvalue weighted by Gasteiger charge is -2.30. The minimum atomic E-state index is -0.832. The number of likely N-dealkylation sites (tertiary alicyclic amines) is 1. The van der Waals surface area contributed by atoms with E-state index in [9.17, 15) is 14.0 Å². The number of halogens is 1. The number of carboxylic acid groups (broad SMARTS) is 1. The number of amides is 1. The standard InChI is InChI=1S/C21H22FNO3/c1-13-3-4-16(11-14(13)2)17-5-6-18(19(22)12-17)20(24)23-9-7-15(8-10-23)21(25)26/h3-6,11-12,15H,7-10H2,1-2H3,(H,25,26). The molecule has 4 nitrogen and oxygen atoms in total. The number of carboxylic acids is 1. The molecule has 2 aromatic rings. The van der Waals surface area contributed by atoms with Gasteiger partial charge in [-0.25, -0.2) is 4.39 Å². The maximum absolute atomic E-state index is 14.6. The molecule has 0 atom stereocenters. The van der Waals surface area contributed by atoms with E-state index in [1.165, 1.54) is 22.6 Å². The van der Waals surface area contributed by atoms with Crippen molar-refractivity contribution in [2.45, 2.75) is 26.7 Å². The van der Waals surface area contributed by atoms with Crippen molar-refractivity contribution >= 4 is 11.9 Å². The molecule has 2 aromatic carbocycles. The van der Waals surface area contributed by atoms with Gasteiger partial charge in [0.2, 0.25) is 0 Å². The molecule has 1 heterocycles. The molecule has 1 aliphatic rings. The van der Waals surface area contributed by atoms with Gasteiger partial charge in [-0.15, -0.1) is 0 Å². The van der Waals surface area contributed by atoms with E-state index in [0.29, 0.717) is 25.9 Å². The molecule has 0 bridgehead atoms. The Hall–Kier alpha value is -2.69. The molecule has 1 aliphatic heterocycles. The number of benzene rings is 2. The quantitative estimate of drug-likeness (QED) is 0.904. The molecule has 26 heavy (non-hydrogen) atoms. The van der Waals surface area contributed by atoms with Crippen molar-refractivity contribution in [3.05, 3.63) is 58.9 Å². The fourth-order valence-electron chi connectivity index (χ4n) is 3.29. The Bertz CT molecular complexity index is 854. The van der Waals surface area contributed by atoms with Crippen molar-refractivity contribution in [1.82, 2.24) is 4.90 Å². The van der Waals surface area contributed by atoms with Crippen LogP contribution in [0.4, 0.5) is 4.39 Å². The van der Waals surface area contributed by atoms with Crippen LogP contribution in [-0.2, 0) is 4.79 Å². The predicted octanol–water partition coefficient (Wildman–Crippen LogP) is 4.05. The van der Waals surface area contributed by atoms with E-state index in [1.807, 2.05) is 32.0 Å². The van der Waals surface area contributed by atoms with Gasteiger partial charge in [0.15, 0.2) is 0 Å². The molecule has 0 unspecified atom stereocenters. The van der Waals surface area contributed by atoms with Gasteiger partial charge in [0, 0.05) is 13.1 Å². The van der Waals surface area contributed by atoms with Crippen molar-refractivity contribution in [2.75, 3.05) is 13.1 Å². The molecule has 1 saturated heterocycles. The topological polar surface area (TPSA) is 57.6 Å². The molecule has 0 aliphatic carbocycles. The summed E-state index contributed by atoms with van der Waals surface area (Å²) in [5, 5.41) is 9.04. The molecular formula is C21H22FNO3. The van der Waals surface area contributed by atoms with E-state index >= 15 is 0 Å². The van der Waals surface area contributed by atoms with Crippen LogP contribution in [0, 0.1) is 25.6 Å². The Morgan fingerprint density at radius 2 is 1.62 bits per heavy atom. The van der Waals surface area contributed by atoms with Gasteiger partial charge < -0.3 is 10.0 Å². The van der Waals surface area contributed by atoms with E-state index in [2.05, 4.69) is 0 Å². The van der Waals surface area contributed by atoms with Gasteiger partial charge in [-0.2, -0.15) is 0 Å². The minimum Gasteiger partial charge on any atom is -0.481 e. The van der Waals surface area contributed by atoms with Gasteiger partial charge in [-0.05, 0) is 61.1 Å². The first-order valence-electron chi connectivity index (χ1n) is 8.76. The van der Waals surface area contributed by atoms with Crippen molar-refractivity contribution in [3.63, 3.8) is 0 Å². The van der Waals surface area contributed by atoms with E-state index in [-0.39, 0.29) is 11.5 Å². The fraction of sp³-hybridized carbons (Fsp3) is 0.333. The van der Waals surface area contributed by atoms with Gasteiger partial charge in [0.1, 0.15) is 5.82 Å². The van der Waals surface area contributed by atoms with E-state index < -0.39 is 17.7 Å². The highest BCUT2D eigenvalue weighted by Crippen LogP contribution is 2.26. The second kappa shape index (κ2) is 7.28. The van der Waals surface area contributed by atoms with Gasteiger partial charge in [-0.1, -0.05) is 24.3 Å². The highest BCUT2D eigenvalue weighted by Gasteiger charge is 2.28. The molecule has 1 N–H and O–H groups in total. The molecular weight excluding hydrogens is 333 g/mol. The summed E-state index contributed by atoms with van der Waals surface area (Å²) >= 11 is 0. The number of aliphatic carboxylic acids is 1. The SMILES string of the molecule is Cc1ccc(-c2ccc(C(=O)N3CCC(C(=O)O)CC3)c(F)c2)cc1C. The smallest absolute Gasteiger partial charge is 0.306 e. The molecule has 0 aromatic heterocycles. The van der Waals surface area contributed by atoms with Crippen LogP contribution in [0.1, 0.15) is 34.3 Å². The number of hydrogen-bond acceptors (Lipinski definition) is 2. The number of piperidine rings is 1. The summed E-state index contributed by atoms with van der Waals surface area (Å²) in [6.07, 6.45) is 0.812. The van der Waals surface area contributed by atoms with Gasteiger partial charge in [0.25, 0.3) is 5.91 Å². The Balaban J connectivity index is 1.78. The number of nitrogens with zero attached hydrogens (tertiary/aromatic N) is 1. The summed E-state index contributed by atoms with van der Waals surface area (Å²) in [5.41, 5.74) is 3.97. The third kappa shape index (κ3) is 3.62. The van der Waals surface area contributed by atoms with Gasteiger partial charge >= 0.3 is 5.97 Å². The predicted molar refractivity (Wildman–Crippen MR) is 97.6 cm³/mol. The first-order chi connectivity index (χ1) is 12.4. The molecule has 1 fully saturated rings. The average Bonchev–Trinajstić information content (AvgIpc) is 2.63. The highest BCUT2D eigenvalue weighted by molar-refractivity contribution is 5.95. The highest BCUT2D eigenvalue weighted by atomic mass is 19.1. The second-order valence-electron chi connectivity index (χ2n) is 6.90. The number of hydrogen-bond donors (Lipinski definition) is 1. The monoisotopic (exact) mass is 355 g/mol. The third-order valence-corrected chi connectivity index (χ3v) is 5.17. The lowest BCUT2D eigenvalue weighted by atomic mass is 9.96. The molecule has 5 heteroatoms. The van der Waals surface area contributed by atoms with Crippen molar-refractivity contribution < 1.29 is 19.1 Å². The fourth-order valence-corrected chi connectivity index (χ4v) is 3.29. The first-order valence-corrected chi connectivity index (χ1v) is 8.76. The van der Waals surface area contributed by atoms with Crippen molar-refractivity contribution in [1.29, 1.82) is 0 Å². The largest absolute Gasteiger partial charge is 0.481 e. The molecule has 1 amide bonds. The van der Waals surface area contributed by atoms with Crippen LogP contribution < -0.4 is 0 Å². The number of aryl methyl sites for hydroxylation is 2. The van der Waals surface area contributed by atoms with E-state index in [0.717, 1.165) is 16.7 Å². The Morgan fingerprint density at radius 3 is 2.19 bits per heavy atom. The average molecular weight is 355 g/mol. The van der Waals surface area contributed by atoms with Crippen LogP contribution in [0.25, 0.3) is 11.1 Å². The Morgan fingerprint density at radius 1 is 1.00 bits per heavy atom. The van der Waals surface area contributed by atoms with Crippen molar-refractivity contribution in [3.8, 4) is 11.1 Å². The third-order valence-electron chi connectivity index (χ3n) is 5.17.